The van der Waals surface area contributed by atoms with Crippen molar-refractivity contribution in [1.82, 2.24) is 0 Å². The summed E-state index contributed by atoms with van der Waals surface area (Å²) >= 11 is 0. The van der Waals surface area contributed by atoms with Crippen LogP contribution in [0.15, 0.2) is 65.1 Å². The van der Waals surface area contributed by atoms with Crippen molar-refractivity contribution in [2.45, 2.75) is 13.3 Å². The number of furan rings is 1. The number of benzene rings is 2. The van der Waals surface area contributed by atoms with Crippen LogP contribution in [0.1, 0.15) is 33.4 Å². The fourth-order valence-corrected chi connectivity index (χ4v) is 2.45. The van der Waals surface area contributed by atoms with E-state index in [4.69, 9.17) is 9.52 Å². The van der Waals surface area contributed by atoms with Gasteiger partial charge in [0, 0.05) is 16.8 Å². The number of aromatic carboxylic acids is 1. The van der Waals surface area contributed by atoms with Crippen molar-refractivity contribution in [3.63, 3.8) is 0 Å². The highest BCUT2D eigenvalue weighted by Gasteiger charge is 2.11. The molecule has 0 aliphatic heterocycles. The second-order valence-corrected chi connectivity index (χ2v) is 5.55. The number of carbonyl (C=O) groups excluding carboxylic acids is 1. The fraction of sp³-hybridized carbons (Fsp3) is 0.100. The highest BCUT2D eigenvalue weighted by molar-refractivity contribution is 6.04. The average molecular weight is 335 g/mol. The summed E-state index contributed by atoms with van der Waals surface area (Å²) in [5.41, 5.74) is 3.04. The van der Waals surface area contributed by atoms with E-state index in [1.807, 2.05) is 12.1 Å². The van der Waals surface area contributed by atoms with Crippen LogP contribution in [0, 0.1) is 0 Å². The summed E-state index contributed by atoms with van der Waals surface area (Å²) in [4.78, 5) is 23.3. The summed E-state index contributed by atoms with van der Waals surface area (Å²) < 4.78 is 5.29. The Hall–Kier alpha value is -3.34. The molecular weight excluding hydrogens is 318 g/mol. The van der Waals surface area contributed by atoms with E-state index in [0.29, 0.717) is 22.6 Å². The highest BCUT2D eigenvalue weighted by atomic mass is 16.4. The fourth-order valence-electron chi connectivity index (χ4n) is 2.45. The molecule has 1 aromatic heterocycles. The third-order valence-corrected chi connectivity index (χ3v) is 3.85. The number of nitrogens with one attached hydrogen (secondary N) is 1. The molecule has 2 aromatic carbocycles. The monoisotopic (exact) mass is 335 g/mol. The van der Waals surface area contributed by atoms with Gasteiger partial charge in [-0.05, 0) is 48.4 Å². The van der Waals surface area contributed by atoms with Gasteiger partial charge in [-0.1, -0.05) is 31.2 Å². The van der Waals surface area contributed by atoms with Gasteiger partial charge in [0.1, 0.15) is 5.76 Å². The number of rotatable bonds is 5. The van der Waals surface area contributed by atoms with Crippen LogP contribution in [0.4, 0.5) is 5.69 Å². The van der Waals surface area contributed by atoms with Crippen LogP contribution in [0.25, 0.3) is 11.3 Å². The molecule has 0 aliphatic rings. The average Bonchev–Trinajstić information content (AvgIpc) is 3.12. The largest absolute Gasteiger partial charge is 0.475 e. The Morgan fingerprint density at radius 1 is 1.04 bits per heavy atom. The van der Waals surface area contributed by atoms with Crippen molar-refractivity contribution in [1.29, 1.82) is 0 Å². The molecule has 0 saturated carbocycles. The summed E-state index contributed by atoms with van der Waals surface area (Å²) in [7, 11) is 0. The zero-order chi connectivity index (χ0) is 17.8. The maximum Gasteiger partial charge on any atom is 0.371 e. The van der Waals surface area contributed by atoms with Gasteiger partial charge in [0.25, 0.3) is 5.91 Å². The lowest BCUT2D eigenvalue weighted by Gasteiger charge is -2.07. The summed E-state index contributed by atoms with van der Waals surface area (Å²) in [6.07, 6.45) is 0.922. The summed E-state index contributed by atoms with van der Waals surface area (Å²) in [5, 5.41) is 11.8. The van der Waals surface area contributed by atoms with Crippen LogP contribution in [0.5, 0.6) is 0 Å². The first-order valence-corrected chi connectivity index (χ1v) is 7.90. The number of carboxylic acids is 1. The number of carboxylic acid groups (broad SMARTS) is 1. The number of hydrogen-bond donors (Lipinski definition) is 2. The molecule has 0 fully saturated rings. The van der Waals surface area contributed by atoms with Crippen molar-refractivity contribution < 1.29 is 19.1 Å². The van der Waals surface area contributed by atoms with Gasteiger partial charge >= 0.3 is 5.97 Å². The van der Waals surface area contributed by atoms with E-state index in [0.717, 1.165) is 6.42 Å². The van der Waals surface area contributed by atoms with E-state index in [-0.39, 0.29) is 11.7 Å². The molecule has 1 heterocycles. The molecule has 5 nitrogen and oxygen atoms in total. The van der Waals surface area contributed by atoms with Gasteiger partial charge in [0.05, 0.1) is 0 Å². The summed E-state index contributed by atoms with van der Waals surface area (Å²) in [6, 6.07) is 17.5. The molecule has 3 rings (SSSR count). The first-order chi connectivity index (χ1) is 12.1. The van der Waals surface area contributed by atoms with Gasteiger partial charge in [-0.15, -0.1) is 0 Å². The van der Waals surface area contributed by atoms with E-state index < -0.39 is 5.97 Å². The normalized spacial score (nSPS) is 10.4. The van der Waals surface area contributed by atoms with Crippen LogP contribution < -0.4 is 5.32 Å². The lowest BCUT2D eigenvalue weighted by Crippen LogP contribution is -2.11. The van der Waals surface area contributed by atoms with Crippen LogP contribution >= 0.6 is 0 Å². The summed E-state index contributed by atoms with van der Waals surface area (Å²) in [6.45, 7) is 2.06. The van der Waals surface area contributed by atoms with Gasteiger partial charge in [0.2, 0.25) is 5.76 Å². The van der Waals surface area contributed by atoms with Crippen LogP contribution in [-0.2, 0) is 6.42 Å². The highest BCUT2D eigenvalue weighted by Crippen LogP contribution is 2.25. The van der Waals surface area contributed by atoms with Gasteiger partial charge in [-0.25, -0.2) is 4.79 Å². The lowest BCUT2D eigenvalue weighted by atomic mass is 10.1. The van der Waals surface area contributed by atoms with Gasteiger partial charge in [0.15, 0.2) is 0 Å². The molecule has 5 heteroatoms. The Bertz CT molecular complexity index is 909. The Kier molecular flexibility index (Phi) is 4.66. The van der Waals surface area contributed by atoms with Gasteiger partial charge < -0.3 is 14.8 Å². The zero-order valence-electron chi connectivity index (χ0n) is 13.7. The molecule has 0 radical (unpaired) electrons. The minimum atomic E-state index is -1.12. The number of anilines is 1. The second kappa shape index (κ2) is 7.05. The molecule has 1 amide bonds. The smallest absolute Gasteiger partial charge is 0.371 e. The lowest BCUT2D eigenvalue weighted by molar-refractivity contribution is 0.0663. The van der Waals surface area contributed by atoms with Crippen molar-refractivity contribution in [3.8, 4) is 11.3 Å². The van der Waals surface area contributed by atoms with Crippen molar-refractivity contribution in [2.24, 2.45) is 0 Å². The Balaban J connectivity index is 1.78. The van der Waals surface area contributed by atoms with Crippen LogP contribution in [-0.4, -0.2) is 17.0 Å². The molecule has 0 unspecified atom stereocenters. The molecule has 0 spiro atoms. The maximum absolute atomic E-state index is 12.3. The maximum atomic E-state index is 12.3. The Morgan fingerprint density at radius 2 is 1.80 bits per heavy atom. The second-order valence-electron chi connectivity index (χ2n) is 5.55. The molecule has 0 saturated heterocycles. The first-order valence-electron chi connectivity index (χ1n) is 7.90. The Labute approximate surface area is 144 Å². The molecule has 25 heavy (non-hydrogen) atoms. The standard InChI is InChI=1S/C20H17NO4/c1-2-13-6-8-14(9-7-13)19(22)21-16-5-3-4-15(12-16)17-10-11-18(25-17)20(23)24/h3-12H,2H2,1H3,(H,21,22)(H,23,24). The molecule has 2 N–H and O–H groups in total. The molecular formula is C20H17NO4. The van der Waals surface area contributed by atoms with E-state index in [1.165, 1.54) is 11.6 Å². The van der Waals surface area contributed by atoms with Crippen molar-refractivity contribution in [3.05, 3.63) is 77.6 Å². The summed E-state index contributed by atoms with van der Waals surface area (Å²) in [5.74, 6) is -1.02. The Morgan fingerprint density at radius 3 is 2.44 bits per heavy atom. The number of aryl methyl sites for hydroxylation is 1. The molecule has 0 bridgehead atoms. The predicted molar refractivity (Wildman–Crippen MR) is 94.9 cm³/mol. The molecule has 0 atom stereocenters. The van der Waals surface area contributed by atoms with Gasteiger partial charge in [-0.2, -0.15) is 0 Å². The third-order valence-electron chi connectivity index (χ3n) is 3.85. The molecule has 0 aliphatic carbocycles. The number of carbonyl (C=O) groups is 2. The van der Waals surface area contributed by atoms with E-state index in [2.05, 4.69) is 12.2 Å². The zero-order valence-corrected chi connectivity index (χ0v) is 13.7. The van der Waals surface area contributed by atoms with Crippen molar-refractivity contribution in [2.75, 3.05) is 5.32 Å². The topological polar surface area (TPSA) is 79.5 Å². The third kappa shape index (κ3) is 3.77. The number of hydrogen-bond acceptors (Lipinski definition) is 3. The van der Waals surface area contributed by atoms with Gasteiger partial charge in [-0.3, -0.25) is 4.79 Å². The minimum absolute atomic E-state index is 0.125. The van der Waals surface area contributed by atoms with Crippen LogP contribution in [0.3, 0.4) is 0 Å². The van der Waals surface area contributed by atoms with Crippen molar-refractivity contribution >= 4 is 17.6 Å². The molecule has 126 valence electrons. The van der Waals surface area contributed by atoms with E-state index >= 15 is 0 Å². The van der Waals surface area contributed by atoms with Crippen LogP contribution in [0.2, 0.25) is 0 Å². The predicted octanol–water partition coefficient (Wildman–Crippen LogP) is 4.46. The molecule has 3 aromatic rings. The minimum Gasteiger partial charge on any atom is -0.475 e. The quantitative estimate of drug-likeness (QED) is 0.721. The van der Waals surface area contributed by atoms with E-state index in [1.54, 1.807) is 42.5 Å². The van der Waals surface area contributed by atoms with E-state index in [9.17, 15) is 9.59 Å². The SMILES string of the molecule is CCc1ccc(C(=O)Nc2cccc(-c3ccc(C(=O)O)o3)c2)cc1. The first kappa shape index (κ1) is 16.5. The number of amides is 1.